The average Bonchev–Trinajstić information content (AvgIpc) is 2.45. The van der Waals surface area contributed by atoms with Crippen LogP contribution in [-0.4, -0.2) is 47.0 Å². The second-order valence-corrected chi connectivity index (χ2v) is 3.68. The molecule has 0 fully saturated rings. The Balaban J connectivity index is 2.50. The molecule has 0 aliphatic carbocycles. The molecule has 1 aromatic rings. The van der Waals surface area contributed by atoms with Gasteiger partial charge in [0.1, 0.15) is 17.2 Å². The van der Waals surface area contributed by atoms with Gasteiger partial charge in [-0.25, -0.2) is 0 Å². The van der Waals surface area contributed by atoms with Crippen molar-refractivity contribution in [2.24, 2.45) is 0 Å². The van der Waals surface area contributed by atoms with Crippen LogP contribution in [0, 0.1) is 0 Å². The predicted molar refractivity (Wildman–Crippen MR) is 69.9 cm³/mol. The molecule has 0 aliphatic rings. The molecule has 0 radical (unpaired) electrons. The maximum atomic E-state index is 11.4. The Labute approximate surface area is 112 Å². The van der Waals surface area contributed by atoms with E-state index in [0.717, 1.165) is 0 Å². The van der Waals surface area contributed by atoms with Crippen LogP contribution in [0.1, 0.15) is 0 Å². The molecule has 0 aliphatic heterocycles. The number of rotatable bonds is 8. The average molecular weight is 269 g/mol. The van der Waals surface area contributed by atoms with Crippen molar-refractivity contribution in [3.05, 3.63) is 18.2 Å². The molecule has 106 valence electrons. The first-order valence-electron chi connectivity index (χ1n) is 5.81. The molecular formula is C13H19NO5. The van der Waals surface area contributed by atoms with Gasteiger partial charge in [0.25, 0.3) is 5.91 Å². The summed E-state index contributed by atoms with van der Waals surface area (Å²) in [5, 5.41) is 2.66. The highest BCUT2D eigenvalue weighted by molar-refractivity contribution is 5.77. The monoisotopic (exact) mass is 269 g/mol. The van der Waals surface area contributed by atoms with Crippen LogP contribution < -0.4 is 19.5 Å². The van der Waals surface area contributed by atoms with Gasteiger partial charge in [0.05, 0.1) is 20.8 Å². The van der Waals surface area contributed by atoms with Gasteiger partial charge >= 0.3 is 0 Å². The number of hydrogen-bond acceptors (Lipinski definition) is 5. The molecule has 6 nitrogen and oxygen atoms in total. The summed E-state index contributed by atoms with van der Waals surface area (Å²) >= 11 is 0. The van der Waals surface area contributed by atoms with Crippen molar-refractivity contribution in [2.45, 2.75) is 0 Å². The second kappa shape index (κ2) is 8.20. The van der Waals surface area contributed by atoms with Crippen molar-refractivity contribution >= 4 is 5.91 Å². The van der Waals surface area contributed by atoms with E-state index in [1.807, 2.05) is 0 Å². The minimum atomic E-state index is -0.209. The maximum absolute atomic E-state index is 11.4. The van der Waals surface area contributed by atoms with Gasteiger partial charge in [-0.1, -0.05) is 0 Å². The van der Waals surface area contributed by atoms with Gasteiger partial charge in [0.15, 0.2) is 6.61 Å². The highest BCUT2D eigenvalue weighted by atomic mass is 16.5. The fourth-order valence-corrected chi connectivity index (χ4v) is 1.36. The van der Waals surface area contributed by atoms with E-state index in [1.54, 1.807) is 39.5 Å². The van der Waals surface area contributed by atoms with Crippen LogP contribution in [0.25, 0.3) is 0 Å². The summed E-state index contributed by atoms with van der Waals surface area (Å²) in [4.78, 5) is 11.4. The van der Waals surface area contributed by atoms with E-state index in [-0.39, 0.29) is 12.5 Å². The van der Waals surface area contributed by atoms with Crippen LogP contribution in [0.4, 0.5) is 0 Å². The molecular weight excluding hydrogens is 250 g/mol. The maximum Gasteiger partial charge on any atom is 0.258 e. The van der Waals surface area contributed by atoms with Crippen LogP contribution in [0.15, 0.2) is 18.2 Å². The summed E-state index contributed by atoms with van der Waals surface area (Å²) in [7, 11) is 4.68. The van der Waals surface area contributed by atoms with E-state index in [9.17, 15) is 4.79 Å². The van der Waals surface area contributed by atoms with E-state index in [0.29, 0.717) is 30.4 Å². The van der Waals surface area contributed by atoms with Gasteiger partial charge in [-0.3, -0.25) is 4.79 Å². The normalized spacial score (nSPS) is 9.84. The second-order valence-electron chi connectivity index (χ2n) is 3.68. The highest BCUT2D eigenvalue weighted by Crippen LogP contribution is 2.27. The zero-order valence-electron chi connectivity index (χ0n) is 11.4. The zero-order chi connectivity index (χ0) is 14.1. The number of ether oxygens (including phenoxy) is 4. The lowest BCUT2D eigenvalue weighted by Gasteiger charge is -2.10. The number of carbonyl (C=O) groups is 1. The fourth-order valence-electron chi connectivity index (χ4n) is 1.36. The van der Waals surface area contributed by atoms with Crippen molar-refractivity contribution < 1.29 is 23.7 Å². The number of methoxy groups -OCH3 is 3. The SMILES string of the molecule is COCCNC(=O)COc1cc(OC)cc(OC)c1. The van der Waals surface area contributed by atoms with E-state index in [1.165, 1.54) is 0 Å². The standard InChI is InChI=1S/C13H19NO5/c1-16-5-4-14-13(15)9-19-12-7-10(17-2)6-11(8-12)18-3/h6-8H,4-5,9H2,1-3H3,(H,14,15). The van der Waals surface area contributed by atoms with Gasteiger partial charge in [-0.2, -0.15) is 0 Å². The molecule has 0 unspecified atom stereocenters. The van der Waals surface area contributed by atoms with E-state index < -0.39 is 0 Å². The Morgan fingerprint density at radius 2 is 1.63 bits per heavy atom. The fraction of sp³-hybridized carbons (Fsp3) is 0.462. The summed E-state index contributed by atoms with van der Waals surface area (Å²) < 4.78 is 20.4. The first kappa shape index (κ1) is 15.1. The largest absolute Gasteiger partial charge is 0.496 e. The van der Waals surface area contributed by atoms with Gasteiger partial charge in [-0.05, 0) is 0 Å². The number of hydrogen-bond donors (Lipinski definition) is 1. The highest BCUT2D eigenvalue weighted by Gasteiger charge is 2.05. The molecule has 6 heteroatoms. The zero-order valence-corrected chi connectivity index (χ0v) is 11.4. The Bertz CT molecular complexity index is 386. The smallest absolute Gasteiger partial charge is 0.258 e. The Hall–Kier alpha value is -1.95. The van der Waals surface area contributed by atoms with Crippen LogP contribution in [0.3, 0.4) is 0 Å². The lowest BCUT2D eigenvalue weighted by atomic mass is 10.3. The van der Waals surface area contributed by atoms with Crippen molar-refractivity contribution in [1.82, 2.24) is 5.32 Å². The van der Waals surface area contributed by atoms with Crippen LogP contribution in [0.5, 0.6) is 17.2 Å². The molecule has 0 bridgehead atoms. The molecule has 0 atom stereocenters. The summed E-state index contributed by atoms with van der Waals surface area (Å²) in [5.41, 5.74) is 0. The summed E-state index contributed by atoms with van der Waals surface area (Å²) in [6.45, 7) is 0.860. The van der Waals surface area contributed by atoms with Gasteiger partial charge in [-0.15, -0.1) is 0 Å². The lowest BCUT2D eigenvalue weighted by Crippen LogP contribution is -2.31. The molecule has 1 amide bonds. The molecule has 0 saturated heterocycles. The molecule has 19 heavy (non-hydrogen) atoms. The Kier molecular flexibility index (Phi) is 6.52. The minimum Gasteiger partial charge on any atom is -0.496 e. The van der Waals surface area contributed by atoms with E-state index in [2.05, 4.69) is 5.32 Å². The van der Waals surface area contributed by atoms with Gasteiger partial charge in [0.2, 0.25) is 0 Å². The van der Waals surface area contributed by atoms with Crippen molar-refractivity contribution in [2.75, 3.05) is 41.1 Å². The van der Waals surface area contributed by atoms with Crippen molar-refractivity contribution in [3.63, 3.8) is 0 Å². The third kappa shape index (κ3) is 5.48. The van der Waals surface area contributed by atoms with Crippen LogP contribution >= 0.6 is 0 Å². The minimum absolute atomic E-state index is 0.0694. The molecule has 0 heterocycles. The first-order chi connectivity index (χ1) is 9.19. The third-order valence-electron chi connectivity index (χ3n) is 2.32. The number of nitrogens with one attached hydrogen (secondary N) is 1. The first-order valence-corrected chi connectivity index (χ1v) is 5.81. The van der Waals surface area contributed by atoms with Crippen LogP contribution in [-0.2, 0) is 9.53 Å². The topological polar surface area (TPSA) is 66.0 Å². The Morgan fingerprint density at radius 1 is 1.05 bits per heavy atom. The molecule has 1 aromatic carbocycles. The molecule has 0 saturated carbocycles. The van der Waals surface area contributed by atoms with E-state index in [4.69, 9.17) is 18.9 Å². The van der Waals surface area contributed by atoms with Crippen LogP contribution in [0.2, 0.25) is 0 Å². The lowest BCUT2D eigenvalue weighted by molar-refractivity contribution is -0.123. The molecule has 1 N–H and O–H groups in total. The molecule has 1 rings (SSSR count). The number of benzene rings is 1. The number of amides is 1. The Morgan fingerprint density at radius 3 is 2.16 bits per heavy atom. The predicted octanol–water partition coefficient (Wildman–Crippen LogP) is 0.845. The van der Waals surface area contributed by atoms with Gasteiger partial charge < -0.3 is 24.3 Å². The van der Waals surface area contributed by atoms with Crippen molar-refractivity contribution in [3.8, 4) is 17.2 Å². The van der Waals surface area contributed by atoms with Crippen molar-refractivity contribution in [1.29, 1.82) is 0 Å². The molecule has 0 aromatic heterocycles. The molecule has 0 spiro atoms. The van der Waals surface area contributed by atoms with E-state index >= 15 is 0 Å². The summed E-state index contributed by atoms with van der Waals surface area (Å²) in [5.74, 6) is 1.51. The number of carbonyl (C=O) groups excluding carboxylic acids is 1. The van der Waals surface area contributed by atoms with Gasteiger partial charge in [0, 0.05) is 31.9 Å². The summed E-state index contributed by atoms with van der Waals surface area (Å²) in [6, 6.07) is 5.10. The summed E-state index contributed by atoms with van der Waals surface area (Å²) in [6.07, 6.45) is 0. The third-order valence-corrected chi connectivity index (χ3v) is 2.32. The quantitative estimate of drug-likeness (QED) is 0.709.